The molecule has 0 aromatic heterocycles. The minimum atomic E-state index is -1.08. The standard InChI is InChI=1S/C22H38O5/c1-3-4-5-12-15-20(23)16-13-10-8-6-7-9-11-14-17-21(24)27-18-19(2)22(25)26/h10,13,18,20,23H,3-9,11-12,14-17H2,1-2H3,(H,25,26)/b13-10-,19-18?/t20-/m1/s1. The minimum absolute atomic E-state index is 0.0143. The van der Waals surface area contributed by atoms with E-state index >= 15 is 0 Å². The fourth-order valence-corrected chi connectivity index (χ4v) is 2.62. The summed E-state index contributed by atoms with van der Waals surface area (Å²) in [7, 11) is 0. The Hall–Kier alpha value is -1.62. The van der Waals surface area contributed by atoms with Crippen molar-refractivity contribution in [3.8, 4) is 0 Å². The number of carbonyl (C=O) groups excluding carboxylic acids is 1. The molecule has 1 atom stereocenters. The average Bonchev–Trinajstić information content (AvgIpc) is 2.64. The van der Waals surface area contributed by atoms with Crippen molar-refractivity contribution in [2.45, 2.75) is 103 Å². The second kappa shape index (κ2) is 17.8. The highest BCUT2D eigenvalue weighted by atomic mass is 16.5. The Morgan fingerprint density at radius 3 is 2.33 bits per heavy atom. The predicted octanol–water partition coefficient (Wildman–Crippen LogP) is 5.53. The van der Waals surface area contributed by atoms with E-state index in [0.29, 0.717) is 6.42 Å². The van der Waals surface area contributed by atoms with Crippen LogP contribution in [0.25, 0.3) is 0 Å². The van der Waals surface area contributed by atoms with E-state index in [4.69, 9.17) is 9.84 Å². The Kier molecular flexibility index (Phi) is 16.7. The van der Waals surface area contributed by atoms with Gasteiger partial charge < -0.3 is 14.9 Å². The van der Waals surface area contributed by atoms with Crippen LogP contribution in [0.4, 0.5) is 0 Å². The fourth-order valence-electron chi connectivity index (χ4n) is 2.62. The molecule has 0 aliphatic carbocycles. The highest BCUT2D eigenvalue weighted by Crippen LogP contribution is 2.11. The van der Waals surface area contributed by atoms with Crippen LogP contribution in [0.2, 0.25) is 0 Å². The summed E-state index contributed by atoms with van der Waals surface area (Å²) in [5.74, 6) is -1.47. The summed E-state index contributed by atoms with van der Waals surface area (Å²) in [5, 5.41) is 18.5. The topological polar surface area (TPSA) is 83.8 Å². The van der Waals surface area contributed by atoms with Crippen molar-refractivity contribution in [2.24, 2.45) is 0 Å². The van der Waals surface area contributed by atoms with E-state index in [1.807, 2.05) is 0 Å². The molecule has 0 saturated carbocycles. The maximum atomic E-state index is 11.4. The number of allylic oxidation sites excluding steroid dienone is 1. The molecule has 0 aromatic carbocycles. The summed E-state index contributed by atoms with van der Waals surface area (Å²) in [6, 6.07) is 0. The number of aliphatic hydroxyl groups is 1. The van der Waals surface area contributed by atoms with Gasteiger partial charge >= 0.3 is 11.9 Å². The summed E-state index contributed by atoms with van der Waals surface area (Å²) in [6.07, 6.45) is 17.9. The van der Waals surface area contributed by atoms with Gasteiger partial charge in [-0.15, -0.1) is 0 Å². The van der Waals surface area contributed by atoms with Crippen molar-refractivity contribution >= 4 is 11.9 Å². The molecule has 5 nitrogen and oxygen atoms in total. The molecule has 0 saturated heterocycles. The lowest BCUT2D eigenvalue weighted by Crippen LogP contribution is -2.04. The lowest BCUT2D eigenvalue weighted by atomic mass is 10.1. The SMILES string of the molecule is CCCCCC[C@@H](O)C/C=C\CCCCCCCC(=O)OC=C(C)C(=O)O. The van der Waals surface area contributed by atoms with Crippen LogP contribution < -0.4 is 0 Å². The van der Waals surface area contributed by atoms with Crippen molar-refractivity contribution in [1.82, 2.24) is 0 Å². The molecule has 0 radical (unpaired) electrons. The second-order valence-corrected chi connectivity index (χ2v) is 7.11. The Morgan fingerprint density at radius 2 is 1.63 bits per heavy atom. The van der Waals surface area contributed by atoms with E-state index in [2.05, 4.69) is 19.1 Å². The van der Waals surface area contributed by atoms with Crippen molar-refractivity contribution in [1.29, 1.82) is 0 Å². The quantitative estimate of drug-likeness (QED) is 0.114. The van der Waals surface area contributed by atoms with Crippen molar-refractivity contribution in [3.63, 3.8) is 0 Å². The molecule has 27 heavy (non-hydrogen) atoms. The van der Waals surface area contributed by atoms with E-state index in [-0.39, 0.29) is 17.6 Å². The maximum Gasteiger partial charge on any atom is 0.334 e. The first-order valence-electron chi connectivity index (χ1n) is 10.4. The third kappa shape index (κ3) is 17.5. The van der Waals surface area contributed by atoms with Gasteiger partial charge in [-0.25, -0.2) is 4.79 Å². The zero-order chi connectivity index (χ0) is 20.3. The van der Waals surface area contributed by atoms with Crippen LogP contribution in [0.5, 0.6) is 0 Å². The minimum Gasteiger partial charge on any atom is -0.478 e. The number of carbonyl (C=O) groups is 2. The number of hydrogen-bond donors (Lipinski definition) is 2. The molecule has 156 valence electrons. The van der Waals surface area contributed by atoms with Crippen LogP contribution in [0.3, 0.4) is 0 Å². The van der Waals surface area contributed by atoms with Gasteiger partial charge in [0.25, 0.3) is 0 Å². The lowest BCUT2D eigenvalue weighted by Gasteiger charge is -2.07. The highest BCUT2D eigenvalue weighted by Gasteiger charge is 2.04. The first-order valence-corrected chi connectivity index (χ1v) is 10.4. The predicted molar refractivity (Wildman–Crippen MR) is 108 cm³/mol. The van der Waals surface area contributed by atoms with E-state index in [9.17, 15) is 14.7 Å². The molecule has 5 heteroatoms. The molecule has 0 aliphatic heterocycles. The number of rotatable bonds is 17. The summed E-state index contributed by atoms with van der Waals surface area (Å²) in [5.41, 5.74) is 0.0143. The molecule has 2 N–H and O–H groups in total. The van der Waals surface area contributed by atoms with E-state index < -0.39 is 5.97 Å². The van der Waals surface area contributed by atoms with Crippen LogP contribution >= 0.6 is 0 Å². The van der Waals surface area contributed by atoms with Gasteiger partial charge in [0, 0.05) is 6.42 Å². The highest BCUT2D eigenvalue weighted by molar-refractivity contribution is 5.85. The van der Waals surface area contributed by atoms with Gasteiger partial charge in [-0.05, 0) is 39.0 Å². The number of aliphatic carboxylic acids is 1. The Balaban J connectivity index is 3.47. The largest absolute Gasteiger partial charge is 0.478 e. The first-order chi connectivity index (χ1) is 13.0. The monoisotopic (exact) mass is 382 g/mol. The molecule has 0 bridgehead atoms. The molecule has 0 amide bonds. The van der Waals surface area contributed by atoms with Crippen LogP contribution in [0.1, 0.15) is 97.3 Å². The second-order valence-electron chi connectivity index (χ2n) is 7.11. The summed E-state index contributed by atoms with van der Waals surface area (Å²) >= 11 is 0. The van der Waals surface area contributed by atoms with Crippen molar-refractivity contribution < 1.29 is 24.5 Å². The summed E-state index contributed by atoms with van der Waals surface area (Å²) in [4.78, 5) is 22.0. The molecule has 0 aromatic rings. The third-order valence-corrected chi connectivity index (χ3v) is 4.42. The van der Waals surface area contributed by atoms with E-state index in [1.165, 1.54) is 26.2 Å². The Labute approximate surface area is 164 Å². The molecule has 0 aliphatic rings. The molecular formula is C22H38O5. The summed E-state index contributed by atoms with van der Waals surface area (Å²) < 4.78 is 4.78. The Bertz CT molecular complexity index is 454. The van der Waals surface area contributed by atoms with Crippen LogP contribution in [0.15, 0.2) is 24.0 Å². The van der Waals surface area contributed by atoms with Crippen molar-refractivity contribution in [3.05, 3.63) is 24.0 Å². The number of carboxylic acids is 1. The van der Waals surface area contributed by atoms with Crippen LogP contribution in [-0.4, -0.2) is 28.3 Å². The Morgan fingerprint density at radius 1 is 0.963 bits per heavy atom. The number of hydrogen-bond acceptors (Lipinski definition) is 4. The third-order valence-electron chi connectivity index (χ3n) is 4.42. The van der Waals surface area contributed by atoms with Gasteiger partial charge in [0.1, 0.15) is 6.26 Å². The number of esters is 1. The normalized spacial score (nSPS) is 13.1. The first kappa shape index (κ1) is 25.4. The zero-order valence-electron chi connectivity index (χ0n) is 17.1. The van der Waals surface area contributed by atoms with Gasteiger partial charge in [0.05, 0.1) is 11.7 Å². The van der Waals surface area contributed by atoms with Gasteiger partial charge in [-0.2, -0.15) is 0 Å². The van der Waals surface area contributed by atoms with Gasteiger partial charge in [0.2, 0.25) is 0 Å². The average molecular weight is 383 g/mol. The molecule has 0 spiro atoms. The molecule has 0 fully saturated rings. The smallest absolute Gasteiger partial charge is 0.334 e. The molecular weight excluding hydrogens is 344 g/mol. The number of aliphatic hydroxyl groups excluding tert-OH is 1. The fraction of sp³-hybridized carbons (Fsp3) is 0.727. The lowest BCUT2D eigenvalue weighted by molar-refractivity contribution is -0.138. The van der Waals surface area contributed by atoms with Crippen LogP contribution in [0, 0.1) is 0 Å². The molecule has 0 heterocycles. The van der Waals surface area contributed by atoms with Crippen molar-refractivity contribution in [2.75, 3.05) is 0 Å². The van der Waals surface area contributed by atoms with E-state index in [0.717, 1.165) is 64.0 Å². The summed E-state index contributed by atoms with van der Waals surface area (Å²) in [6.45, 7) is 3.58. The zero-order valence-corrected chi connectivity index (χ0v) is 17.1. The number of ether oxygens (including phenoxy) is 1. The molecule has 0 rings (SSSR count). The van der Waals surface area contributed by atoms with Gasteiger partial charge in [-0.1, -0.05) is 64.0 Å². The van der Waals surface area contributed by atoms with E-state index in [1.54, 1.807) is 0 Å². The maximum absolute atomic E-state index is 11.4. The number of unbranched alkanes of at least 4 members (excludes halogenated alkanes) is 8. The van der Waals surface area contributed by atoms with Gasteiger partial charge in [0.15, 0.2) is 0 Å². The number of carboxylic acid groups (broad SMARTS) is 1. The molecule has 0 unspecified atom stereocenters. The van der Waals surface area contributed by atoms with Gasteiger partial charge in [-0.3, -0.25) is 4.79 Å². The van der Waals surface area contributed by atoms with Crippen LogP contribution in [-0.2, 0) is 14.3 Å².